The van der Waals surface area contributed by atoms with Crippen molar-refractivity contribution in [2.24, 2.45) is 0 Å². The second-order valence-corrected chi connectivity index (χ2v) is 4.62. The summed E-state index contributed by atoms with van der Waals surface area (Å²) in [5, 5.41) is 8.52. The highest BCUT2D eigenvalue weighted by atomic mass is 16.5. The molecule has 0 unspecified atom stereocenters. The quantitative estimate of drug-likeness (QED) is 0.832. The molecule has 1 aliphatic heterocycles. The highest BCUT2D eigenvalue weighted by Crippen LogP contribution is 2.14. The Bertz CT molecular complexity index is 501. The fourth-order valence-electron chi connectivity index (χ4n) is 2.05. The van der Waals surface area contributed by atoms with Gasteiger partial charge in [-0.2, -0.15) is 0 Å². The van der Waals surface area contributed by atoms with Gasteiger partial charge in [0.05, 0.1) is 0 Å². The molecule has 106 valence electrons. The van der Waals surface area contributed by atoms with Gasteiger partial charge in [-0.3, -0.25) is 4.79 Å². The van der Waals surface area contributed by atoms with E-state index in [0.29, 0.717) is 5.75 Å². The molecule has 0 spiro atoms. The highest BCUT2D eigenvalue weighted by molar-refractivity contribution is 5.85. The molecule has 0 saturated carbocycles. The molecule has 0 aromatic heterocycles. The zero-order valence-corrected chi connectivity index (χ0v) is 11.1. The summed E-state index contributed by atoms with van der Waals surface area (Å²) in [6, 6.07) is 6.93. The van der Waals surface area contributed by atoms with Gasteiger partial charge in [0.1, 0.15) is 5.75 Å². The number of carbonyl (C=O) groups excluding carboxylic acids is 1. The van der Waals surface area contributed by atoms with E-state index in [-0.39, 0.29) is 12.5 Å². The van der Waals surface area contributed by atoms with Gasteiger partial charge in [0.2, 0.25) is 0 Å². The van der Waals surface area contributed by atoms with Crippen molar-refractivity contribution >= 4 is 18.0 Å². The summed E-state index contributed by atoms with van der Waals surface area (Å²) in [7, 11) is 0. The largest absolute Gasteiger partial charge is 0.484 e. The van der Waals surface area contributed by atoms with Crippen LogP contribution in [0.2, 0.25) is 0 Å². The lowest BCUT2D eigenvalue weighted by Gasteiger charge is -2.15. The van der Waals surface area contributed by atoms with Gasteiger partial charge in [0, 0.05) is 19.2 Å². The normalized spacial score (nSPS) is 14.7. The van der Waals surface area contributed by atoms with E-state index in [0.717, 1.165) is 37.6 Å². The van der Waals surface area contributed by atoms with Crippen LogP contribution < -0.4 is 4.74 Å². The van der Waals surface area contributed by atoms with E-state index < -0.39 is 5.97 Å². The van der Waals surface area contributed by atoms with Gasteiger partial charge in [-0.05, 0) is 36.6 Å². The van der Waals surface area contributed by atoms with E-state index in [1.165, 1.54) is 6.08 Å². The van der Waals surface area contributed by atoms with Crippen LogP contribution in [-0.4, -0.2) is 41.6 Å². The number of hydrogen-bond donors (Lipinski definition) is 1. The first-order valence-electron chi connectivity index (χ1n) is 6.57. The number of aliphatic carboxylic acids is 1. The van der Waals surface area contributed by atoms with E-state index in [1.807, 2.05) is 4.90 Å². The van der Waals surface area contributed by atoms with Crippen molar-refractivity contribution in [2.75, 3.05) is 19.7 Å². The Labute approximate surface area is 117 Å². The SMILES string of the molecule is O=C(O)C=Cc1ccc(OCC(=O)N2CCCC2)cc1. The Kier molecular flexibility index (Phi) is 4.76. The zero-order valence-electron chi connectivity index (χ0n) is 11.1. The number of benzene rings is 1. The number of ether oxygens (including phenoxy) is 1. The molecule has 2 rings (SSSR count). The Balaban J connectivity index is 1.84. The van der Waals surface area contributed by atoms with Crippen LogP contribution in [-0.2, 0) is 9.59 Å². The minimum Gasteiger partial charge on any atom is -0.484 e. The minimum atomic E-state index is -0.985. The Morgan fingerprint density at radius 3 is 2.45 bits per heavy atom. The standard InChI is InChI=1S/C15H17NO4/c17-14(16-9-1-2-10-16)11-20-13-6-3-12(4-7-13)5-8-15(18)19/h3-8H,1-2,9-11H2,(H,18,19). The van der Waals surface area contributed by atoms with Gasteiger partial charge in [0.25, 0.3) is 5.91 Å². The maximum Gasteiger partial charge on any atom is 0.328 e. The molecule has 0 atom stereocenters. The Morgan fingerprint density at radius 2 is 1.85 bits per heavy atom. The van der Waals surface area contributed by atoms with Gasteiger partial charge in [-0.25, -0.2) is 4.79 Å². The fourth-order valence-corrected chi connectivity index (χ4v) is 2.05. The molecule has 1 heterocycles. The van der Waals surface area contributed by atoms with E-state index in [9.17, 15) is 9.59 Å². The predicted octanol–water partition coefficient (Wildman–Crippen LogP) is 1.79. The maximum atomic E-state index is 11.8. The number of rotatable bonds is 5. The third-order valence-electron chi connectivity index (χ3n) is 3.12. The lowest BCUT2D eigenvalue weighted by atomic mass is 10.2. The molecule has 1 aliphatic rings. The van der Waals surface area contributed by atoms with Gasteiger partial charge in [-0.15, -0.1) is 0 Å². The summed E-state index contributed by atoms with van der Waals surface area (Å²) in [6.45, 7) is 1.69. The molecule has 1 saturated heterocycles. The maximum absolute atomic E-state index is 11.8. The van der Waals surface area contributed by atoms with Crippen LogP contribution in [0, 0.1) is 0 Å². The number of likely N-dealkylation sites (tertiary alicyclic amines) is 1. The van der Waals surface area contributed by atoms with Crippen LogP contribution in [0.25, 0.3) is 6.08 Å². The number of carboxylic acids is 1. The first kappa shape index (κ1) is 14.1. The lowest BCUT2D eigenvalue weighted by molar-refractivity contribution is -0.132. The number of nitrogens with zero attached hydrogens (tertiary/aromatic N) is 1. The Hall–Kier alpha value is -2.30. The van der Waals surface area contributed by atoms with Crippen molar-refractivity contribution in [1.29, 1.82) is 0 Å². The average Bonchev–Trinajstić information content (AvgIpc) is 2.98. The number of amides is 1. The molecule has 1 aromatic rings. The molecule has 1 N–H and O–H groups in total. The third kappa shape index (κ3) is 4.12. The van der Waals surface area contributed by atoms with E-state index in [1.54, 1.807) is 24.3 Å². The van der Waals surface area contributed by atoms with Crippen molar-refractivity contribution in [2.45, 2.75) is 12.8 Å². The fraction of sp³-hybridized carbons (Fsp3) is 0.333. The smallest absolute Gasteiger partial charge is 0.328 e. The minimum absolute atomic E-state index is 0.0114. The van der Waals surface area contributed by atoms with Gasteiger partial charge >= 0.3 is 5.97 Å². The molecule has 5 nitrogen and oxygen atoms in total. The first-order chi connectivity index (χ1) is 9.65. The number of hydrogen-bond acceptors (Lipinski definition) is 3. The van der Waals surface area contributed by atoms with Gasteiger partial charge < -0.3 is 14.7 Å². The molecular formula is C15H17NO4. The van der Waals surface area contributed by atoms with Crippen LogP contribution >= 0.6 is 0 Å². The van der Waals surface area contributed by atoms with Gasteiger partial charge in [0.15, 0.2) is 6.61 Å². The molecule has 5 heteroatoms. The number of carbonyl (C=O) groups is 2. The van der Waals surface area contributed by atoms with Crippen molar-refractivity contribution in [1.82, 2.24) is 4.90 Å². The monoisotopic (exact) mass is 275 g/mol. The second kappa shape index (κ2) is 6.75. The van der Waals surface area contributed by atoms with E-state index in [2.05, 4.69) is 0 Å². The van der Waals surface area contributed by atoms with E-state index in [4.69, 9.17) is 9.84 Å². The Morgan fingerprint density at radius 1 is 1.20 bits per heavy atom. The van der Waals surface area contributed by atoms with Crippen molar-refractivity contribution in [3.05, 3.63) is 35.9 Å². The summed E-state index contributed by atoms with van der Waals surface area (Å²) in [5.41, 5.74) is 0.769. The molecule has 20 heavy (non-hydrogen) atoms. The molecular weight excluding hydrogens is 258 g/mol. The highest BCUT2D eigenvalue weighted by Gasteiger charge is 2.17. The summed E-state index contributed by atoms with van der Waals surface area (Å²) in [5.74, 6) is -0.371. The van der Waals surface area contributed by atoms with Crippen LogP contribution in [0.5, 0.6) is 5.75 Å². The second-order valence-electron chi connectivity index (χ2n) is 4.62. The van der Waals surface area contributed by atoms with Crippen molar-refractivity contribution < 1.29 is 19.4 Å². The van der Waals surface area contributed by atoms with Crippen LogP contribution in [0.15, 0.2) is 30.3 Å². The van der Waals surface area contributed by atoms with E-state index >= 15 is 0 Å². The molecule has 0 radical (unpaired) electrons. The molecule has 0 bridgehead atoms. The van der Waals surface area contributed by atoms with Gasteiger partial charge in [-0.1, -0.05) is 12.1 Å². The molecule has 1 fully saturated rings. The summed E-state index contributed by atoms with van der Waals surface area (Å²) in [6.07, 6.45) is 4.71. The summed E-state index contributed by atoms with van der Waals surface area (Å²) >= 11 is 0. The van der Waals surface area contributed by atoms with Crippen LogP contribution in [0.3, 0.4) is 0 Å². The van der Waals surface area contributed by atoms with Crippen molar-refractivity contribution in [3.8, 4) is 5.75 Å². The topological polar surface area (TPSA) is 66.8 Å². The molecule has 0 aliphatic carbocycles. The average molecular weight is 275 g/mol. The molecule has 1 amide bonds. The zero-order chi connectivity index (χ0) is 14.4. The number of carboxylic acid groups (broad SMARTS) is 1. The third-order valence-corrected chi connectivity index (χ3v) is 3.12. The predicted molar refractivity (Wildman–Crippen MR) is 74.4 cm³/mol. The summed E-state index contributed by atoms with van der Waals surface area (Å²) < 4.78 is 5.43. The van der Waals surface area contributed by atoms with Crippen LogP contribution in [0.4, 0.5) is 0 Å². The summed E-state index contributed by atoms with van der Waals surface area (Å²) in [4.78, 5) is 24.0. The van der Waals surface area contributed by atoms with Crippen LogP contribution in [0.1, 0.15) is 18.4 Å². The lowest BCUT2D eigenvalue weighted by Crippen LogP contribution is -2.32. The molecule has 1 aromatic carbocycles. The van der Waals surface area contributed by atoms with Crippen molar-refractivity contribution in [3.63, 3.8) is 0 Å². The first-order valence-corrected chi connectivity index (χ1v) is 6.57.